The van der Waals surface area contributed by atoms with Gasteiger partial charge in [0, 0.05) is 45.8 Å². The Morgan fingerprint density at radius 3 is 1.40 bits per heavy atom. The molecule has 0 radical (unpaired) electrons. The fourth-order valence-electron chi connectivity index (χ4n) is 5.86. The third-order valence-electron chi connectivity index (χ3n) is 8.04. The molecule has 0 atom stereocenters. The van der Waals surface area contributed by atoms with Crippen LogP contribution in [0.2, 0.25) is 0 Å². The van der Waals surface area contributed by atoms with E-state index in [9.17, 15) is 4.79 Å². The quantitative estimate of drug-likeness (QED) is 0.0895. The number of carbonyl (C=O) groups is 1. The van der Waals surface area contributed by atoms with Gasteiger partial charge >= 0.3 is 6.09 Å². The molecule has 0 unspecified atom stereocenters. The molecule has 0 bridgehead atoms. The number of hydrogen-bond acceptors (Lipinski definition) is 5. The van der Waals surface area contributed by atoms with Gasteiger partial charge in [-0.3, -0.25) is 9.74 Å². The second-order valence-corrected chi connectivity index (χ2v) is 14.1. The van der Waals surface area contributed by atoms with Crippen molar-refractivity contribution in [1.29, 1.82) is 0 Å². The van der Waals surface area contributed by atoms with Crippen molar-refractivity contribution in [3.63, 3.8) is 0 Å². The van der Waals surface area contributed by atoms with Gasteiger partial charge in [0.15, 0.2) is 0 Å². The molecular formula is C42H55N3O3. The predicted molar refractivity (Wildman–Crippen MR) is 196 cm³/mol. The van der Waals surface area contributed by atoms with Crippen LogP contribution in [0, 0.1) is 27.7 Å². The Hall–Kier alpha value is -3.97. The van der Waals surface area contributed by atoms with Gasteiger partial charge in [-0.25, -0.2) is 4.79 Å². The molecule has 256 valence electrons. The smallest absolute Gasteiger partial charge is 0.410 e. The van der Waals surface area contributed by atoms with Crippen molar-refractivity contribution >= 4 is 6.09 Å². The summed E-state index contributed by atoms with van der Waals surface area (Å²) in [7, 11) is 0. The van der Waals surface area contributed by atoms with E-state index in [4.69, 9.17) is 9.57 Å². The van der Waals surface area contributed by atoms with Gasteiger partial charge in [0.05, 0.1) is 6.61 Å². The van der Waals surface area contributed by atoms with E-state index < -0.39 is 5.60 Å². The first kappa shape index (κ1) is 36.9. The maximum atomic E-state index is 13.5. The molecule has 0 fully saturated rings. The third kappa shape index (κ3) is 13.3. The second-order valence-electron chi connectivity index (χ2n) is 14.1. The molecule has 0 saturated heterocycles. The number of nitrogens with zero attached hydrogens (tertiary/aromatic N) is 3. The van der Waals surface area contributed by atoms with Crippen LogP contribution in [0.1, 0.15) is 71.7 Å². The highest BCUT2D eigenvalue weighted by Gasteiger charge is 2.23. The van der Waals surface area contributed by atoms with Crippen LogP contribution >= 0.6 is 0 Å². The summed E-state index contributed by atoms with van der Waals surface area (Å²) in [5.74, 6) is 0. The Bertz CT molecular complexity index is 1500. The lowest BCUT2D eigenvalue weighted by molar-refractivity contribution is -0.175. The number of carbonyl (C=O) groups excluding carboxylic acids is 1. The van der Waals surface area contributed by atoms with Crippen molar-refractivity contribution in [2.45, 2.75) is 86.7 Å². The van der Waals surface area contributed by atoms with Gasteiger partial charge < -0.3 is 9.64 Å². The van der Waals surface area contributed by atoms with Crippen molar-refractivity contribution in [3.8, 4) is 0 Å². The van der Waals surface area contributed by atoms with Crippen molar-refractivity contribution in [2.24, 2.45) is 0 Å². The Kier molecular flexibility index (Phi) is 13.8. The lowest BCUT2D eigenvalue weighted by Crippen LogP contribution is -2.42. The summed E-state index contributed by atoms with van der Waals surface area (Å²) in [5.41, 5.74) is 9.33. The highest BCUT2D eigenvalue weighted by atomic mass is 16.7. The Labute approximate surface area is 289 Å². The average molecular weight is 650 g/mol. The van der Waals surface area contributed by atoms with Crippen LogP contribution < -0.4 is 0 Å². The number of amides is 1. The summed E-state index contributed by atoms with van der Waals surface area (Å²) >= 11 is 0. The largest absolute Gasteiger partial charge is 0.444 e. The first-order chi connectivity index (χ1) is 22.9. The molecule has 0 saturated carbocycles. The van der Waals surface area contributed by atoms with Gasteiger partial charge in [-0.1, -0.05) is 119 Å². The third-order valence-corrected chi connectivity index (χ3v) is 8.04. The highest BCUT2D eigenvalue weighted by molar-refractivity contribution is 5.68. The van der Waals surface area contributed by atoms with Gasteiger partial charge in [-0.2, -0.15) is 5.06 Å². The monoisotopic (exact) mass is 649 g/mol. The zero-order valence-electron chi connectivity index (χ0n) is 30.2. The molecule has 6 nitrogen and oxygen atoms in total. The summed E-state index contributed by atoms with van der Waals surface area (Å²) < 4.78 is 5.88. The Morgan fingerprint density at radius 2 is 1.00 bits per heavy atom. The fraction of sp³-hybridized carbons (Fsp3) is 0.405. The molecule has 0 aliphatic rings. The molecule has 1 amide bonds. The predicted octanol–water partition coefficient (Wildman–Crippen LogP) is 9.18. The molecule has 0 aliphatic carbocycles. The lowest BCUT2D eigenvalue weighted by atomic mass is 10.1. The number of benzene rings is 4. The van der Waals surface area contributed by atoms with Crippen LogP contribution in [0.4, 0.5) is 4.79 Å². The van der Waals surface area contributed by atoms with Gasteiger partial charge in [-0.05, 0) is 77.1 Å². The SMILES string of the molecule is Cc1cccc(CN(CCN(CCCON(Cc2cccc(C)c2)Cc2cccc(C)c2)C(=O)OC(C)(C)C)Cc2cccc(C)c2)c1. The molecule has 0 aliphatic heterocycles. The van der Waals surface area contributed by atoms with Crippen molar-refractivity contribution in [3.05, 3.63) is 142 Å². The lowest BCUT2D eigenvalue weighted by Gasteiger charge is -2.30. The fourth-order valence-corrected chi connectivity index (χ4v) is 5.86. The van der Waals surface area contributed by atoms with Gasteiger partial charge in [-0.15, -0.1) is 0 Å². The summed E-state index contributed by atoms with van der Waals surface area (Å²) in [4.78, 5) is 24.2. The van der Waals surface area contributed by atoms with E-state index in [0.717, 1.165) is 19.6 Å². The normalized spacial score (nSPS) is 11.7. The summed E-state index contributed by atoms with van der Waals surface area (Å²) in [5, 5.41) is 2.03. The minimum Gasteiger partial charge on any atom is -0.444 e. The molecular weight excluding hydrogens is 594 g/mol. The Morgan fingerprint density at radius 1 is 0.583 bits per heavy atom. The topological polar surface area (TPSA) is 45.2 Å². The number of ether oxygens (including phenoxy) is 1. The molecule has 0 heterocycles. The number of aryl methyl sites for hydroxylation is 4. The van der Waals surface area contributed by atoms with E-state index in [0.29, 0.717) is 39.2 Å². The highest BCUT2D eigenvalue weighted by Crippen LogP contribution is 2.17. The molecule has 0 aromatic heterocycles. The summed E-state index contributed by atoms with van der Waals surface area (Å²) in [6.07, 6.45) is 0.401. The van der Waals surface area contributed by atoms with Crippen LogP contribution in [0.3, 0.4) is 0 Å². The average Bonchev–Trinajstić information content (AvgIpc) is 2.99. The number of rotatable bonds is 16. The van der Waals surface area contributed by atoms with Crippen LogP contribution in [0.15, 0.2) is 97.1 Å². The first-order valence-corrected chi connectivity index (χ1v) is 17.2. The summed E-state index contributed by atoms with van der Waals surface area (Å²) in [6.45, 7) is 19.5. The van der Waals surface area contributed by atoms with E-state index in [1.54, 1.807) is 0 Å². The van der Waals surface area contributed by atoms with E-state index in [1.807, 2.05) is 30.7 Å². The molecule has 6 heteroatoms. The van der Waals surface area contributed by atoms with Crippen LogP contribution in [0.25, 0.3) is 0 Å². The van der Waals surface area contributed by atoms with Crippen molar-refractivity contribution in [2.75, 3.05) is 26.2 Å². The number of hydrogen-bond donors (Lipinski definition) is 0. The Balaban J connectivity index is 1.43. The molecule has 0 N–H and O–H groups in total. The van der Waals surface area contributed by atoms with Crippen molar-refractivity contribution < 1.29 is 14.4 Å². The van der Waals surface area contributed by atoms with Crippen molar-refractivity contribution in [1.82, 2.24) is 14.9 Å². The molecule has 4 aromatic carbocycles. The minimum absolute atomic E-state index is 0.287. The van der Waals surface area contributed by atoms with Gasteiger partial charge in [0.25, 0.3) is 0 Å². The standard InChI is InChI=1S/C42H55N3O3/c1-33-13-8-17-37(25-33)29-43(30-38-18-9-14-34(2)26-38)22-23-44(41(46)48-42(5,6)7)21-12-24-47-45(31-39-19-10-15-35(3)27-39)32-40-20-11-16-36(4)28-40/h8-11,13-20,25-28H,12,21-24,29-32H2,1-7H3. The van der Waals surface area contributed by atoms with E-state index in [2.05, 4.69) is 130 Å². The van der Waals surface area contributed by atoms with Gasteiger partial charge in [0.1, 0.15) is 5.60 Å². The van der Waals surface area contributed by atoms with Crippen LogP contribution in [-0.2, 0) is 35.8 Å². The van der Waals surface area contributed by atoms with E-state index in [1.165, 1.54) is 44.5 Å². The molecule has 48 heavy (non-hydrogen) atoms. The van der Waals surface area contributed by atoms with E-state index in [-0.39, 0.29) is 6.09 Å². The number of hydroxylamine groups is 2. The maximum absolute atomic E-state index is 13.5. The van der Waals surface area contributed by atoms with Crippen LogP contribution in [-0.4, -0.2) is 52.8 Å². The molecule has 4 rings (SSSR count). The summed E-state index contributed by atoms with van der Waals surface area (Å²) in [6, 6.07) is 34.4. The first-order valence-electron chi connectivity index (χ1n) is 17.2. The van der Waals surface area contributed by atoms with Gasteiger partial charge in [0.2, 0.25) is 0 Å². The second kappa shape index (κ2) is 18.0. The molecule has 0 spiro atoms. The van der Waals surface area contributed by atoms with E-state index >= 15 is 0 Å². The van der Waals surface area contributed by atoms with Crippen LogP contribution in [0.5, 0.6) is 0 Å². The maximum Gasteiger partial charge on any atom is 0.410 e. The minimum atomic E-state index is -0.576. The zero-order chi connectivity index (χ0) is 34.5. The zero-order valence-corrected chi connectivity index (χ0v) is 30.2. The molecule has 4 aromatic rings.